The number of nitrogens with zero attached hydrogens (tertiary/aromatic N) is 2. The van der Waals surface area contributed by atoms with Crippen molar-refractivity contribution in [3.63, 3.8) is 0 Å². The number of thiazole rings is 1. The Morgan fingerprint density at radius 1 is 1.50 bits per heavy atom. The van der Waals surface area contributed by atoms with E-state index in [0.29, 0.717) is 6.04 Å². The van der Waals surface area contributed by atoms with Gasteiger partial charge in [-0.1, -0.05) is 6.92 Å². The maximum atomic E-state index is 4.51. The minimum absolute atomic E-state index is 0.318. The quantitative estimate of drug-likeness (QED) is 0.864. The molecule has 0 fully saturated rings. The second-order valence-electron chi connectivity index (χ2n) is 4.69. The Hall–Kier alpha value is -1.13. The summed E-state index contributed by atoms with van der Waals surface area (Å²) < 4.78 is 2.25. The summed E-state index contributed by atoms with van der Waals surface area (Å²) in [6.45, 7) is 8.40. The smallest absolute Gasteiger partial charge is 0.110 e. The van der Waals surface area contributed by atoms with Crippen LogP contribution in [-0.2, 0) is 13.1 Å². The van der Waals surface area contributed by atoms with Gasteiger partial charge in [-0.2, -0.15) is 0 Å². The largest absolute Gasteiger partial charge is 0.354 e. The van der Waals surface area contributed by atoms with Crippen LogP contribution in [0.25, 0.3) is 0 Å². The maximum absolute atomic E-state index is 4.51. The van der Waals surface area contributed by atoms with Crippen molar-refractivity contribution >= 4 is 11.3 Å². The zero-order valence-corrected chi connectivity index (χ0v) is 12.1. The van der Waals surface area contributed by atoms with Crippen molar-refractivity contribution in [3.05, 3.63) is 40.1 Å². The van der Waals surface area contributed by atoms with E-state index in [1.807, 2.05) is 6.92 Å². The van der Waals surface area contributed by atoms with E-state index in [-0.39, 0.29) is 0 Å². The Labute approximate surface area is 113 Å². The van der Waals surface area contributed by atoms with Gasteiger partial charge in [0.05, 0.1) is 6.04 Å². The summed E-state index contributed by atoms with van der Waals surface area (Å²) in [5.41, 5.74) is 2.45. The third-order valence-corrected chi connectivity index (χ3v) is 4.06. The lowest BCUT2D eigenvalue weighted by molar-refractivity contribution is 0.569. The molecular formula is C14H21N3S. The zero-order chi connectivity index (χ0) is 13.0. The molecule has 2 aromatic heterocycles. The molecule has 2 heterocycles. The SMILES string of the molecule is CCCn1ccc(CNC(C)c2nc(C)cs2)c1. The summed E-state index contributed by atoms with van der Waals surface area (Å²) in [5.74, 6) is 0. The average molecular weight is 263 g/mol. The summed E-state index contributed by atoms with van der Waals surface area (Å²) in [5, 5.41) is 6.79. The van der Waals surface area contributed by atoms with Gasteiger partial charge < -0.3 is 9.88 Å². The molecule has 0 aliphatic heterocycles. The molecule has 0 amide bonds. The first-order chi connectivity index (χ1) is 8.69. The first-order valence-corrected chi connectivity index (χ1v) is 7.37. The standard InChI is InChI=1S/C14H21N3S/c1-4-6-17-7-5-13(9-17)8-15-12(3)14-16-11(2)10-18-14/h5,7,9-10,12,15H,4,6,8H2,1-3H3. The van der Waals surface area contributed by atoms with E-state index in [0.717, 1.165) is 18.8 Å². The van der Waals surface area contributed by atoms with Crippen LogP contribution in [-0.4, -0.2) is 9.55 Å². The highest BCUT2D eigenvalue weighted by atomic mass is 32.1. The molecule has 4 heteroatoms. The summed E-state index contributed by atoms with van der Waals surface area (Å²) in [7, 11) is 0. The summed E-state index contributed by atoms with van der Waals surface area (Å²) in [6.07, 6.45) is 5.55. The van der Waals surface area contributed by atoms with Gasteiger partial charge in [0.15, 0.2) is 0 Å². The number of rotatable bonds is 6. The van der Waals surface area contributed by atoms with Crippen LogP contribution >= 0.6 is 11.3 Å². The fraction of sp³-hybridized carbons (Fsp3) is 0.500. The van der Waals surface area contributed by atoms with Crippen LogP contribution in [0.2, 0.25) is 0 Å². The summed E-state index contributed by atoms with van der Waals surface area (Å²) in [6, 6.07) is 2.50. The van der Waals surface area contributed by atoms with Gasteiger partial charge >= 0.3 is 0 Å². The molecule has 1 atom stereocenters. The Bertz CT molecular complexity index is 487. The van der Waals surface area contributed by atoms with E-state index in [1.165, 1.54) is 17.0 Å². The van der Waals surface area contributed by atoms with Crippen molar-refractivity contribution in [3.8, 4) is 0 Å². The lowest BCUT2D eigenvalue weighted by atomic mass is 10.3. The van der Waals surface area contributed by atoms with Crippen molar-refractivity contribution in [1.29, 1.82) is 0 Å². The van der Waals surface area contributed by atoms with Crippen LogP contribution in [0.1, 0.15) is 42.6 Å². The first kappa shape index (κ1) is 13.3. The molecule has 0 bridgehead atoms. The summed E-state index contributed by atoms with van der Waals surface area (Å²) >= 11 is 1.73. The number of nitrogens with one attached hydrogen (secondary N) is 1. The van der Waals surface area contributed by atoms with Gasteiger partial charge in [-0.15, -0.1) is 11.3 Å². The first-order valence-electron chi connectivity index (χ1n) is 6.49. The lowest BCUT2D eigenvalue weighted by Gasteiger charge is -2.09. The van der Waals surface area contributed by atoms with E-state index < -0.39 is 0 Å². The van der Waals surface area contributed by atoms with Crippen LogP contribution < -0.4 is 5.32 Å². The van der Waals surface area contributed by atoms with Gasteiger partial charge in [0, 0.05) is 36.6 Å². The molecule has 0 aliphatic rings. The highest BCUT2D eigenvalue weighted by Crippen LogP contribution is 2.17. The van der Waals surface area contributed by atoms with Gasteiger partial charge in [-0.25, -0.2) is 4.98 Å². The molecule has 0 aromatic carbocycles. The van der Waals surface area contributed by atoms with Crippen molar-refractivity contribution in [2.75, 3.05) is 0 Å². The van der Waals surface area contributed by atoms with Crippen LogP contribution in [0.15, 0.2) is 23.8 Å². The normalized spacial score (nSPS) is 12.8. The van der Waals surface area contributed by atoms with E-state index in [4.69, 9.17) is 0 Å². The Kier molecular flexibility index (Phi) is 4.55. The molecule has 0 saturated carbocycles. The molecule has 18 heavy (non-hydrogen) atoms. The van der Waals surface area contributed by atoms with Crippen molar-refractivity contribution in [2.24, 2.45) is 0 Å². The van der Waals surface area contributed by atoms with Crippen LogP contribution in [0.3, 0.4) is 0 Å². The van der Waals surface area contributed by atoms with Gasteiger partial charge in [-0.3, -0.25) is 0 Å². The van der Waals surface area contributed by atoms with Crippen molar-refractivity contribution in [2.45, 2.75) is 46.3 Å². The van der Waals surface area contributed by atoms with Gasteiger partial charge in [-0.05, 0) is 31.9 Å². The second-order valence-corrected chi connectivity index (χ2v) is 5.58. The van der Waals surface area contributed by atoms with E-state index in [2.05, 4.69) is 52.6 Å². The maximum Gasteiger partial charge on any atom is 0.110 e. The second kappa shape index (κ2) is 6.16. The molecule has 98 valence electrons. The summed E-state index contributed by atoms with van der Waals surface area (Å²) in [4.78, 5) is 4.51. The molecule has 2 aromatic rings. The van der Waals surface area contributed by atoms with E-state index in [9.17, 15) is 0 Å². The van der Waals surface area contributed by atoms with Gasteiger partial charge in [0.1, 0.15) is 5.01 Å². The molecule has 1 unspecified atom stereocenters. The molecule has 0 saturated heterocycles. The Morgan fingerprint density at radius 3 is 3.00 bits per heavy atom. The minimum atomic E-state index is 0.318. The van der Waals surface area contributed by atoms with Crippen LogP contribution in [0, 0.1) is 6.92 Å². The van der Waals surface area contributed by atoms with E-state index in [1.54, 1.807) is 11.3 Å². The number of hydrogen-bond acceptors (Lipinski definition) is 3. The fourth-order valence-corrected chi connectivity index (χ4v) is 2.75. The van der Waals surface area contributed by atoms with Gasteiger partial charge in [0.25, 0.3) is 0 Å². The van der Waals surface area contributed by atoms with Gasteiger partial charge in [0.2, 0.25) is 0 Å². The number of aromatic nitrogens is 2. The average Bonchev–Trinajstić information content (AvgIpc) is 2.96. The van der Waals surface area contributed by atoms with Crippen molar-refractivity contribution in [1.82, 2.24) is 14.9 Å². The third-order valence-electron chi connectivity index (χ3n) is 2.91. The Morgan fingerprint density at radius 2 is 2.33 bits per heavy atom. The monoisotopic (exact) mass is 263 g/mol. The molecular weight excluding hydrogens is 242 g/mol. The van der Waals surface area contributed by atoms with Crippen molar-refractivity contribution < 1.29 is 0 Å². The highest BCUT2D eigenvalue weighted by Gasteiger charge is 2.08. The predicted molar refractivity (Wildman–Crippen MR) is 76.8 cm³/mol. The minimum Gasteiger partial charge on any atom is -0.354 e. The number of hydrogen-bond donors (Lipinski definition) is 1. The highest BCUT2D eigenvalue weighted by molar-refractivity contribution is 7.09. The molecule has 1 N–H and O–H groups in total. The van der Waals surface area contributed by atoms with Crippen LogP contribution in [0.4, 0.5) is 0 Å². The molecule has 2 rings (SSSR count). The zero-order valence-electron chi connectivity index (χ0n) is 11.3. The lowest BCUT2D eigenvalue weighted by Crippen LogP contribution is -2.17. The van der Waals surface area contributed by atoms with E-state index >= 15 is 0 Å². The molecule has 3 nitrogen and oxygen atoms in total. The third kappa shape index (κ3) is 3.43. The molecule has 0 radical (unpaired) electrons. The fourth-order valence-electron chi connectivity index (χ4n) is 1.92. The molecule has 0 spiro atoms. The van der Waals surface area contributed by atoms with Crippen LogP contribution in [0.5, 0.6) is 0 Å². The Balaban J connectivity index is 1.86. The number of aryl methyl sites for hydroxylation is 2. The molecule has 0 aliphatic carbocycles. The topological polar surface area (TPSA) is 29.9 Å². The predicted octanol–water partition coefficient (Wildman–Crippen LogP) is 3.51.